The molecule has 160 valence electrons. The number of hydrogen-bond donors (Lipinski definition) is 3. The van der Waals surface area contributed by atoms with E-state index in [9.17, 15) is 14.7 Å². The minimum Gasteiger partial charge on any atom is -0.393 e. The Hall–Kier alpha value is -3.19. The maximum Gasteiger partial charge on any atom is 0.250 e. The number of pyridine rings is 1. The molecule has 1 aliphatic heterocycles. The van der Waals surface area contributed by atoms with Gasteiger partial charge in [0.05, 0.1) is 17.2 Å². The van der Waals surface area contributed by atoms with Crippen LogP contribution in [0.3, 0.4) is 0 Å². The van der Waals surface area contributed by atoms with Crippen LogP contribution in [0.15, 0.2) is 36.7 Å². The highest BCUT2D eigenvalue weighted by Gasteiger charge is 2.27. The number of benzene rings is 1. The molecule has 1 aliphatic carbocycles. The molecular formula is C24H26N4O3. The normalized spacial score (nSPS) is 21.1. The van der Waals surface area contributed by atoms with E-state index in [0.717, 1.165) is 66.2 Å². The van der Waals surface area contributed by atoms with Crippen LogP contribution < -0.4 is 11.1 Å². The number of amides is 1. The van der Waals surface area contributed by atoms with Crippen molar-refractivity contribution in [2.75, 3.05) is 5.32 Å². The van der Waals surface area contributed by atoms with Gasteiger partial charge in [-0.3, -0.25) is 19.1 Å². The van der Waals surface area contributed by atoms with Crippen LogP contribution in [-0.4, -0.2) is 38.6 Å². The predicted molar refractivity (Wildman–Crippen MR) is 119 cm³/mol. The van der Waals surface area contributed by atoms with Crippen molar-refractivity contribution < 1.29 is 14.7 Å². The Bertz CT molecular complexity index is 1180. The van der Waals surface area contributed by atoms with Gasteiger partial charge in [0.25, 0.3) is 5.91 Å². The van der Waals surface area contributed by atoms with E-state index in [2.05, 4.69) is 10.3 Å². The van der Waals surface area contributed by atoms with Gasteiger partial charge in [0, 0.05) is 47.2 Å². The van der Waals surface area contributed by atoms with Crippen LogP contribution in [0.5, 0.6) is 0 Å². The van der Waals surface area contributed by atoms with Gasteiger partial charge in [0.1, 0.15) is 0 Å². The fourth-order valence-electron chi connectivity index (χ4n) is 5.02. The van der Waals surface area contributed by atoms with Crippen molar-refractivity contribution in [1.82, 2.24) is 9.55 Å². The molecule has 1 amide bonds. The third kappa shape index (κ3) is 3.49. The van der Waals surface area contributed by atoms with Crippen molar-refractivity contribution in [3.8, 4) is 11.1 Å². The Morgan fingerprint density at radius 2 is 1.97 bits per heavy atom. The molecule has 5 rings (SSSR count). The third-order valence-corrected chi connectivity index (χ3v) is 6.55. The number of fused-ring (bicyclic) bond motifs is 3. The maximum atomic E-state index is 12.7. The molecule has 0 saturated heterocycles. The molecule has 3 aromatic rings. The first-order chi connectivity index (χ1) is 15.0. The molecule has 31 heavy (non-hydrogen) atoms. The minimum absolute atomic E-state index is 0.108. The summed E-state index contributed by atoms with van der Waals surface area (Å²) in [6.07, 6.45) is 8.62. The monoisotopic (exact) mass is 418 g/mol. The number of nitrogens with zero attached hydrogens (tertiary/aromatic N) is 2. The van der Waals surface area contributed by atoms with Crippen molar-refractivity contribution in [2.45, 2.75) is 57.1 Å². The lowest BCUT2D eigenvalue weighted by atomic mass is 9.92. The molecule has 7 heteroatoms. The molecule has 0 unspecified atom stereocenters. The molecule has 1 fully saturated rings. The number of aliphatic hydroxyl groups excluding tert-OH is 1. The predicted octanol–water partition coefficient (Wildman–Crippen LogP) is 3.49. The molecule has 7 nitrogen and oxygen atoms in total. The van der Waals surface area contributed by atoms with E-state index in [1.54, 1.807) is 18.5 Å². The second-order valence-corrected chi connectivity index (χ2v) is 8.57. The molecule has 0 spiro atoms. The molecule has 3 heterocycles. The van der Waals surface area contributed by atoms with E-state index in [1.807, 2.05) is 22.8 Å². The van der Waals surface area contributed by atoms with Crippen LogP contribution in [0.2, 0.25) is 0 Å². The number of anilines is 1. The number of nitrogens with two attached hydrogens (primary N) is 1. The number of aliphatic hydroxyl groups is 1. The lowest BCUT2D eigenvalue weighted by molar-refractivity contribution is 0.0889. The second-order valence-electron chi connectivity index (χ2n) is 8.57. The average Bonchev–Trinajstić information content (AvgIpc) is 3.11. The van der Waals surface area contributed by atoms with Crippen molar-refractivity contribution in [3.05, 3.63) is 47.9 Å². The maximum absolute atomic E-state index is 12.7. The van der Waals surface area contributed by atoms with Crippen molar-refractivity contribution >= 4 is 28.4 Å². The summed E-state index contributed by atoms with van der Waals surface area (Å²) in [6.45, 7) is 0. The molecule has 1 saturated carbocycles. The molecule has 2 aliphatic rings. The standard InChI is InChI=1S/C24H26N4O3/c25-24(31)17-9-4-14(12-19(17)27-15-5-7-16(29)8-6-15)23-18-13-26-11-10-20(18)28-21(23)2-1-3-22(28)30/h4,9-13,15-16,27,29H,1-3,5-8H2,(H2,25,31). The number of rotatable bonds is 4. The van der Waals surface area contributed by atoms with E-state index in [-0.39, 0.29) is 18.1 Å². The van der Waals surface area contributed by atoms with Crippen LogP contribution in [-0.2, 0) is 6.42 Å². The van der Waals surface area contributed by atoms with Gasteiger partial charge >= 0.3 is 0 Å². The summed E-state index contributed by atoms with van der Waals surface area (Å²) in [7, 11) is 0. The molecule has 0 atom stereocenters. The largest absolute Gasteiger partial charge is 0.393 e. The van der Waals surface area contributed by atoms with Crippen LogP contribution in [0.1, 0.15) is 59.4 Å². The van der Waals surface area contributed by atoms with Gasteiger partial charge in [0.15, 0.2) is 0 Å². The summed E-state index contributed by atoms with van der Waals surface area (Å²) in [4.78, 5) is 29.1. The summed E-state index contributed by atoms with van der Waals surface area (Å²) in [5.74, 6) is -0.373. The Balaban J connectivity index is 1.62. The van der Waals surface area contributed by atoms with Crippen molar-refractivity contribution in [2.24, 2.45) is 5.73 Å². The van der Waals surface area contributed by atoms with Crippen LogP contribution >= 0.6 is 0 Å². The summed E-state index contributed by atoms with van der Waals surface area (Å²) < 4.78 is 1.83. The molecule has 4 N–H and O–H groups in total. The van der Waals surface area contributed by atoms with Gasteiger partial charge in [-0.15, -0.1) is 0 Å². The highest BCUT2D eigenvalue weighted by atomic mass is 16.3. The number of hydrogen-bond acceptors (Lipinski definition) is 5. The Labute approximate surface area is 180 Å². The molecule has 2 aromatic heterocycles. The fourth-order valence-corrected chi connectivity index (χ4v) is 5.02. The van der Waals surface area contributed by atoms with E-state index >= 15 is 0 Å². The highest BCUT2D eigenvalue weighted by molar-refractivity contribution is 6.05. The van der Waals surface area contributed by atoms with Crippen molar-refractivity contribution in [3.63, 3.8) is 0 Å². The Morgan fingerprint density at radius 1 is 1.16 bits per heavy atom. The van der Waals surface area contributed by atoms with Gasteiger partial charge in [-0.1, -0.05) is 6.07 Å². The lowest BCUT2D eigenvalue weighted by Crippen LogP contribution is -2.29. The minimum atomic E-state index is -0.481. The summed E-state index contributed by atoms with van der Waals surface area (Å²) in [6, 6.07) is 7.69. The van der Waals surface area contributed by atoms with E-state index in [1.165, 1.54) is 0 Å². The number of aromatic nitrogens is 2. The zero-order valence-corrected chi connectivity index (χ0v) is 17.3. The van der Waals surface area contributed by atoms with Crippen LogP contribution in [0, 0.1) is 0 Å². The van der Waals surface area contributed by atoms with Crippen LogP contribution in [0.4, 0.5) is 5.69 Å². The lowest BCUT2D eigenvalue weighted by Gasteiger charge is -2.28. The van der Waals surface area contributed by atoms with Gasteiger partial charge in [-0.2, -0.15) is 0 Å². The molecule has 1 aromatic carbocycles. The first-order valence-corrected chi connectivity index (χ1v) is 10.9. The van der Waals surface area contributed by atoms with E-state index in [0.29, 0.717) is 17.7 Å². The van der Waals surface area contributed by atoms with Crippen molar-refractivity contribution in [1.29, 1.82) is 0 Å². The Morgan fingerprint density at radius 3 is 2.74 bits per heavy atom. The molecular weight excluding hydrogens is 392 g/mol. The van der Waals surface area contributed by atoms with Crippen LogP contribution in [0.25, 0.3) is 22.0 Å². The van der Waals surface area contributed by atoms with Gasteiger partial charge in [-0.05, 0) is 62.3 Å². The van der Waals surface area contributed by atoms with E-state index < -0.39 is 5.91 Å². The first kappa shape index (κ1) is 19.8. The molecule has 0 bridgehead atoms. The summed E-state index contributed by atoms with van der Waals surface area (Å²) in [5.41, 5.74) is 10.6. The topological polar surface area (TPSA) is 110 Å². The quantitative estimate of drug-likeness (QED) is 0.601. The highest BCUT2D eigenvalue weighted by Crippen LogP contribution is 2.39. The summed E-state index contributed by atoms with van der Waals surface area (Å²) in [5, 5.41) is 14.2. The third-order valence-electron chi connectivity index (χ3n) is 6.55. The van der Waals surface area contributed by atoms with Gasteiger partial charge in [0.2, 0.25) is 5.91 Å². The number of primary amides is 1. The SMILES string of the molecule is NC(=O)c1ccc(-c2c3n(c4ccncc24)C(=O)CCC3)cc1NC1CCC(O)CC1. The number of carbonyl (C=O) groups excluding carboxylic acids is 2. The number of nitrogens with one attached hydrogen (secondary N) is 1. The van der Waals surface area contributed by atoms with E-state index in [4.69, 9.17) is 5.73 Å². The number of carbonyl (C=O) groups is 2. The van der Waals surface area contributed by atoms with Gasteiger partial charge < -0.3 is 16.2 Å². The zero-order valence-electron chi connectivity index (χ0n) is 17.3. The fraction of sp³-hybridized carbons (Fsp3) is 0.375. The Kier molecular flexibility index (Phi) is 4.98. The zero-order chi connectivity index (χ0) is 21.5. The second kappa shape index (κ2) is 7.81. The van der Waals surface area contributed by atoms with Gasteiger partial charge in [-0.25, -0.2) is 0 Å². The molecule has 0 radical (unpaired) electrons. The average molecular weight is 418 g/mol. The summed E-state index contributed by atoms with van der Waals surface area (Å²) >= 11 is 0. The first-order valence-electron chi connectivity index (χ1n) is 10.9. The smallest absolute Gasteiger partial charge is 0.250 e.